The van der Waals surface area contributed by atoms with Gasteiger partial charge in [-0.05, 0) is 37.9 Å². The van der Waals surface area contributed by atoms with Crippen LogP contribution in [0.1, 0.15) is 35.0 Å². The summed E-state index contributed by atoms with van der Waals surface area (Å²) in [6.07, 6.45) is 0. The fourth-order valence-corrected chi connectivity index (χ4v) is 3.16. The molecule has 19 heavy (non-hydrogen) atoms. The van der Waals surface area contributed by atoms with E-state index in [0.717, 1.165) is 0 Å². The van der Waals surface area contributed by atoms with Gasteiger partial charge < -0.3 is 5.73 Å². The van der Waals surface area contributed by atoms with Gasteiger partial charge >= 0.3 is 0 Å². The van der Waals surface area contributed by atoms with Crippen LogP contribution in [-0.2, 0) is 0 Å². The van der Waals surface area contributed by atoms with Gasteiger partial charge in [-0.25, -0.2) is 0 Å². The standard InChI is InChI=1S/C16H22N2S/c1-12-6-8-14(9-7-12)15(11-17)18(3)13(2)16-5-4-10-19-16/h4-10,13,15H,11,17H2,1-3H3. The van der Waals surface area contributed by atoms with E-state index in [4.69, 9.17) is 5.73 Å². The number of benzene rings is 1. The number of nitrogens with two attached hydrogens (primary N) is 1. The van der Waals surface area contributed by atoms with Crippen molar-refractivity contribution in [2.45, 2.75) is 25.9 Å². The lowest BCUT2D eigenvalue weighted by Crippen LogP contribution is -2.32. The Kier molecular flexibility index (Phi) is 4.75. The van der Waals surface area contributed by atoms with Crippen LogP contribution in [-0.4, -0.2) is 18.5 Å². The first-order valence-corrected chi connectivity index (χ1v) is 7.53. The van der Waals surface area contributed by atoms with Crippen LogP contribution in [0.25, 0.3) is 0 Å². The van der Waals surface area contributed by atoms with E-state index in [1.165, 1.54) is 16.0 Å². The third-order valence-electron chi connectivity index (χ3n) is 3.74. The van der Waals surface area contributed by atoms with Crippen LogP contribution in [0.4, 0.5) is 0 Å². The highest BCUT2D eigenvalue weighted by molar-refractivity contribution is 7.10. The summed E-state index contributed by atoms with van der Waals surface area (Å²) < 4.78 is 0. The van der Waals surface area contributed by atoms with E-state index < -0.39 is 0 Å². The molecule has 0 spiro atoms. The van der Waals surface area contributed by atoms with Gasteiger partial charge in [-0.3, -0.25) is 4.90 Å². The smallest absolute Gasteiger partial charge is 0.0473 e. The Morgan fingerprint density at radius 1 is 1.21 bits per heavy atom. The summed E-state index contributed by atoms with van der Waals surface area (Å²) in [6, 6.07) is 13.6. The molecule has 2 rings (SSSR count). The maximum absolute atomic E-state index is 6.00. The van der Waals surface area contributed by atoms with Gasteiger partial charge in [0.2, 0.25) is 0 Å². The van der Waals surface area contributed by atoms with Gasteiger partial charge in [0.1, 0.15) is 0 Å². The fourth-order valence-electron chi connectivity index (χ4n) is 2.33. The highest BCUT2D eigenvalue weighted by Gasteiger charge is 2.21. The van der Waals surface area contributed by atoms with Crippen molar-refractivity contribution in [2.24, 2.45) is 5.73 Å². The average Bonchev–Trinajstić information content (AvgIpc) is 2.94. The Bertz CT molecular complexity index is 490. The molecule has 0 saturated carbocycles. The lowest BCUT2D eigenvalue weighted by atomic mass is 10.0. The number of nitrogens with zero attached hydrogens (tertiary/aromatic N) is 1. The van der Waals surface area contributed by atoms with E-state index in [9.17, 15) is 0 Å². The summed E-state index contributed by atoms with van der Waals surface area (Å²) in [4.78, 5) is 3.74. The van der Waals surface area contributed by atoms with Crippen molar-refractivity contribution >= 4 is 11.3 Å². The molecule has 0 fully saturated rings. The summed E-state index contributed by atoms with van der Waals surface area (Å²) in [5, 5.41) is 2.13. The van der Waals surface area contributed by atoms with E-state index >= 15 is 0 Å². The van der Waals surface area contributed by atoms with Crippen molar-refractivity contribution < 1.29 is 0 Å². The van der Waals surface area contributed by atoms with Crippen LogP contribution in [0, 0.1) is 6.92 Å². The number of rotatable bonds is 5. The molecule has 0 saturated heterocycles. The molecular formula is C16H22N2S. The lowest BCUT2D eigenvalue weighted by Gasteiger charge is -2.32. The van der Waals surface area contributed by atoms with Gasteiger partial charge in [0.15, 0.2) is 0 Å². The summed E-state index contributed by atoms with van der Waals surface area (Å²) in [5.74, 6) is 0. The predicted molar refractivity (Wildman–Crippen MR) is 83.5 cm³/mol. The molecule has 102 valence electrons. The monoisotopic (exact) mass is 274 g/mol. The Hall–Kier alpha value is -1.16. The fraction of sp³-hybridized carbons (Fsp3) is 0.375. The average molecular weight is 274 g/mol. The molecule has 0 aliphatic carbocycles. The SMILES string of the molecule is Cc1ccc(C(CN)N(C)C(C)c2cccs2)cc1. The molecular weight excluding hydrogens is 252 g/mol. The van der Waals surface area contributed by atoms with Gasteiger partial charge in [0.25, 0.3) is 0 Å². The van der Waals surface area contributed by atoms with Crippen LogP contribution in [0.5, 0.6) is 0 Å². The lowest BCUT2D eigenvalue weighted by molar-refractivity contribution is 0.193. The van der Waals surface area contributed by atoms with Gasteiger partial charge in [-0.15, -0.1) is 11.3 Å². The molecule has 0 aliphatic heterocycles. The molecule has 2 N–H and O–H groups in total. The largest absolute Gasteiger partial charge is 0.329 e. The summed E-state index contributed by atoms with van der Waals surface area (Å²) in [5.41, 5.74) is 8.57. The van der Waals surface area contributed by atoms with Crippen LogP contribution in [0.2, 0.25) is 0 Å². The van der Waals surface area contributed by atoms with E-state index in [1.807, 2.05) is 0 Å². The first-order valence-electron chi connectivity index (χ1n) is 6.65. The highest BCUT2D eigenvalue weighted by atomic mass is 32.1. The van der Waals surface area contributed by atoms with Crippen molar-refractivity contribution in [1.29, 1.82) is 0 Å². The van der Waals surface area contributed by atoms with Crippen LogP contribution in [0.3, 0.4) is 0 Å². The summed E-state index contributed by atoms with van der Waals surface area (Å²) in [7, 11) is 2.15. The zero-order valence-corrected chi connectivity index (χ0v) is 12.7. The molecule has 2 aromatic rings. The molecule has 0 aliphatic rings. The van der Waals surface area contributed by atoms with Gasteiger partial charge in [0.05, 0.1) is 0 Å². The first kappa shape index (κ1) is 14.3. The van der Waals surface area contributed by atoms with Crippen molar-refractivity contribution in [3.8, 4) is 0 Å². The Morgan fingerprint density at radius 3 is 2.42 bits per heavy atom. The number of aryl methyl sites for hydroxylation is 1. The van der Waals surface area contributed by atoms with Crippen molar-refractivity contribution in [3.63, 3.8) is 0 Å². The van der Waals surface area contributed by atoms with Gasteiger partial charge in [0, 0.05) is 23.5 Å². The topological polar surface area (TPSA) is 29.3 Å². The Balaban J connectivity index is 2.19. The number of hydrogen-bond donors (Lipinski definition) is 1. The third-order valence-corrected chi connectivity index (χ3v) is 4.79. The number of thiophene rings is 1. The van der Waals surface area contributed by atoms with Gasteiger partial charge in [-0.2, -0.15) is 0 Å². The third kappa shape index (κ3) is 3.24. The molecule has 1 heterocycles. The second-order valence-corrected chi connectivity index (χ2v) is 6.00. The molecule has 0 radical (unpaired) electrons. The Morgan fingerprint density at radius 2 is 1.89 bits per heavy atom. The maximum Gasteiger partial charge on any atom is 0.0473 e. The minimum Gasteiger partial charge on any atom is -0.329 e. The number of hydrogen-bond acceptors (Lipinski definition) is 3. The quantitative estimate of drug-likeness (QED) is 0.899. The summed E-state index contributed by atoms with van der Waals surface area (Å²) >= 11 is 1.80. The first-order chi connectivity index (χ1) is 9.13. The molecule has 1 aromatic heterocycles. The van der Waals surface area contributed by atoms with E-state index in [-0.39, 0.29) is 6.04 Å². The Labute approximate surface area is 119 Å². The van der Waals surface area contributed by atoms with Gasteiger partial charge in [-0.1, -0.05) is 35.9 Å². The minimum atomic E-state index is 0.262. The molecule has 0 amide bonds. The maximum atomic E-state index is 6.00. The second-order valence-electron chi connectivity index (χ2n) is 5.02. The molecule has 3 heteroatoms. The number of likely N-dealkylation sites (N-methyl/N-ethyl adjacent to an activating group) is 1. The highest BCUT2D eigenvalue weighted by Crippen LogP contribution is 2.30. The predicted octanol–water partition coefficient (Wildman–Crippen LogP) is 3.75. The molecule has 0 bridgehead atoms. The summed E-state index contributed by atoms with van der Waals surface area (Å²) in [6.45, 7) is 4.98. The van der Waals surface area contributed by atoms with Crippen LogP contribution in [0.15, 0.2) is 41.8 Å². The molecule has 2 unspecified atom stereocenters. The second kappa shape index (κ2) is 6.33. The van der Waals surface area contributed by atoms with Crippen LogP contribution >= 0.6 is 11.3 Å². The van der Waals surface area contributed by atoms with Crippen molar-refractivity contribution in [1.82, 2.24) is 4.90 Å². The van der Waals surface area contributed by atoms with Crippen molar-refractivity contribution in [3.05, 3.63) is 57.8 Å². The molecule has 2 nitrogen and oxygen atoms in total. The molecule has 2 atom stereocenters. The normalized spacial score (nSPS) is 14.6. The molecule has 1 aromatic carbocycles. The van der Waals surface area contributed by atoms with Crippen molar-refractivity contribution in [2.75, 3.05) is 13.6 Å². The minimum absolute atomic E-state index is 0.262. The zero-order valence-electron chi connectivity index (χ0n) is 11.8. The van der Waals surface area contributed by atoms with Crippen LogP contribution < -0.4 is 5.73 Å². The van der Waals surface area contributed by atoms with E-state index in [2.05, 4.69) is 67.6 Å². The van der Waals surface area contributed by atoms with E-state index in [0.29, 0.717) is 12.6 Å². The zero-order chi connectivity index (χ0) is 13.8. The van der Waals surface area contributed by atoms with E-state index in [1.54, 1.807) is 11.3 Å².